The smallest absolute Gasteiger partial charge is 0.335 e. The fourth-order valence-electron chi connectivity index (χ4n) is 2.59. The topological polar surface area (TPSA) is 83.6 Å². The average Bonchev–Trinajstić information content (AvgIpc) is 2.48. The number of carboxylic acids is 1. The van der Waals surface area contributed by atoms with Crippen molar-refractivity contribution in [1.29, 1.82) is 0 Å². The van der Waals surface area contributed by atoms with Crippen LogP contribution in [0.5, 0.6) is 0 Å². The number of amides is 1. The molecule has 2 aromatic rings. The maximum atomic E-state index is 12.5. The molecule has 0 atom stereocenters. The second-order valence-corrected chi connectivity index (χ2v) is 4.94. The molecule has 1 aliphatic heterocycles. The molecule has 0 unspecified atom stereocenters. The fraction of sp³-hybridized carbons (Fsp3) is 0.125. The van der Waals surface area contributed by atoms with Gasteiger partial charge in [-0.1, -0.05) is 18.2 Å². The summed E-state index contributed by atoms with van der Waals surface area (Å²) in [5, 5.41) is 8.96. The van der Waals surface area contributed by atoms with Crippen LogP contribution in [0.2, 0.25) is 0 Å². The molecular formula is C16H14N2O3. The van der Waals surface area contributed by atoms with Gasteiger partial charge in [-0.3, -0.25) is 4.79 Å². The number of anilines is 2. The van der Waals surface area contributed by atoms with Crippen LogP contribution in [0.15, 0.2) is 42.5 Å². The number of hydrogen-bond acceptors (Lipinski definition) is 3. The normalized spacial score (nSPS) is 13.9. The minimum Gasteiger partial charge on any atom is -0.478 e. The van der Waals surface area contributed by atoms with Gasteiger partial charge in [0.1, 0.15) is 0 Å². The Balaban J connectivity index is 1.99. The van der Waals surface area contributed by atoms with E-state index in [-0.39, 0.29) is 11.5 Å². The zero-order valence-electron chi connectivity index (χ0n) is 11.2. The van der Waals surface area contributed by atoms with Crippen LogP contribution >= 0.6 is 0 Å². The molecule has 1 aliphatic rings. The number of aromatic carboxylic acids is 1. The van der Waals surface area contributed by atoms with Gasteiger partial charge in [0.05, 0.1) is 16.9 Å². The molecule has 3 rings (SSSR count). The van der Waals surface area contributed by atoms with Crippen molar-refractivity contribution >= 4 is 23.3 Å². The number of fused-ring (bicyclic) bond motifs is 1. The molecule has 5 heteroatoms. The van der Waals surface area contributed by atoms with Gasteiger partial charge in [-0.05, 0) is 36.2 Å². The maximum Gasteiger partial charge on any atom is 0.335 e. The Morgan fingerprint density at radius 1 is 1.19 bits per heavy atom. The molecule has 106 valence electrons. The highest BCUT2D eigenvalue weighted by Gasteiger charge is 2.26. The van der Waals surface area contributed by atoms with E-state index in [4.69, 9.17) is 10.8 Å². The van der Waals surface area contributed by atoms with E-state index in [0.29, 0.717) is 23.5 Å². The van der Waals surface area contributed by atoms with Crippen LogP contribution in [0.4, 0.5) is 11.4 Å². The van der Waals surface area contributed by atoms with Crippen molar-refractivity contribution in [2.45, 2.75) is 6.42 Å². The van der Waals surface area contributed by atoms with Gasteiger partial charge in [-0.2, -0.15) is 0 Å². The van der Waals surface area contributed by atoms with Crippen molar-refractivity contribution in [3.8, 4) is 0 Å². The van der Waals surface area contributed by atoms with E-state index in [1.54, 1.807) is 17.0 Å². The second kappa shape index (κ2) is 4.94. The zero-order valence-corrected chi connectivity index (χ0v) is 11.2. The molecule has 21 heavy (non-hydrogen) atoms. The van der Waals surface area contributed by atoms with E-state index >= 15 is 0 Å². The van der Waals surface area contributed by atoms with E-state index in [2.05, 4.69) is 0 Å². The van der Waals surface area contributed by atoms with Crippen molar-refractivity contribution in [2.75, 3.05) is 17.2 Å². The largest absolute Gasteiger partial charge is 0.478 e. The fourth-order valence-corrected chi connectivity index (χ4v) is 2.59. The summed E-state index contributed by atoms with van der Waals surface area (Å²) in [5.41, 5.74) is 8.58. The molecular weight excluding hydrogens is 268 g/mol. The van der Waals surface area contributed by atoms with Gasteiger partial charge in [-0.15, -0.1) is 0 Å². The van der Waals surface area contributed by atoms with Crippen molar-refractivity contribution in [3.05, 3.63) is 59.2 Å². The van der Waals surface area contributed by atoms with Crippen LogP contribution in [-0.2, 0) is 6.42 Å². The first kappa shape index (κ1) is 13.2. The molecule has 0 saturated heterocycles. The Morgan fingerprint density at radius 3 is 2.67 bits per heavy atom. The Morgan fingerprint density at radius 2 is 1.95 bits per heavy atom. The minimum atomic E-state index is -1.04. The molecule has 0 bridgehead atoms. The molecule has 0 saturated carbocycles. The third kappa shape index (κ3) is 2.23. The lowest BCUT2D eigenvalue weighted by Crippen LogP contribution is -2.38. The monoisotopic (exact) mass is 282 g/mol. The summed E-state index contributed by atoms with van der Waals surface area (Å²) in [7, 11) is 0. The summed E-state index contributed by atoms with van der Waals surface area (Å²) < 4.78 is 0. The minimum absolute atomic E-state index is 0.105. The second-order valence-electron chi connectivity index (χ2n) is 4.94. The van der Waals surface area contributed by atoms with Crippen LogP contribution in [0, 0.1) is 0 Å². The van der Waals surface area contributed by atoms with Crippen molar-refractivity contribution in [1.82, 2.24) is 0 Å². The van der Waals surface area contributed by atoms with Gasteiger partial charge in [0.15, 0.2) is 0 Å². The number of nitrogens with two attached hydrogens (primary N) is 1. The highest BCUT2D eigenvalue weighted by atomic mass is 16.4. The first-order chi connectivity index (χ1) is 10.1. The number of carbonyl (C=O) groups excluding carboxylic acids is 1. The van der Waals surface area contributed by atoms with Crippen LogP contribution in [0.3, 0.4) is 0 Å². The van der Waals surface area contributed by atoms with Gasteiger partial charge >= 0.3 is 5.97 Å². The zero-order chi connectivity index (χ0) is 15.0. The Kier molecular flexibility index (Phi) is 3.10. The molecule has 0 spiro atoms. The summed E-state index contributed by atoms with van der Waals surface area (Å²) in [4.78, 5) is 25.1. The van der Waals surface area contributed by atoms with Gasteiger partial charge in [0.2, 0.25) is 0 Å². The first-order valence-corrected chi connectivity index (χ1v) is 6.60. The standard InChI is InChI=1S/C16H14N2O3/c17-13-9-11(16(20)21)5-6-14(13)18-8-7-10-3-1-2-4-12(10)15(18)19/h1-6,9H,7-8,17H2,(H,20,21). The van der Waals surface area contributed by atoms with Crippen LogP contribution in [-0.4, -0.2) is 23.5 Å². The van der Waals surface area contributed by atoms with Gasteiger partial charge in [0.25, 0.3) is 5.91 Å². The lowest BCUT2D eigenvalue weighted by atomic mass is 9.98. The number of rotatable bonds is 2. The Bertz CT molecular complexity index is 740. The first-order valence-electron chi connectivity index (χ1n) is 6.60. The molecule has 1 amide bonds. The van der Waals surface area contributed by atoms with E-state index in [9.17, 15) is 9.59 Å². The number of benzene rings is 2. The van der Waals surface area contributed by atoms with Gasteiger partial charge in [-0.25, -0.2) is 4.79 Å². The van der Waals surface area contributed by atoms with Crippen LogP contribution in [0.1, 0.15) is 26.3 Å². The third-order valence-corrected chi connectivity index (χ3v) is 3.66. The summed E-state index contributed by atoms with van der Waals surface area (Å²) in [6.07, 6.45) is 0.752. The number of nitrogen functional groups attached to an aromatic ring is 1. The van der Waals surface area contributed by atoms with Crippen molar-refractivity contribution in [2.24, 2.45) is 0 Å². The quantitative estimate of drug-likeness (QED) is 0.827. The molecule has 0 radical (unpaired) electrons. The molecule has 0 aliphatic carbocycles. The summed E-state index contributed by atoms with van der Waals surface area (Å²) in [6.45, 7) is 0.534. The summed E-state index contributed by atoms with van der Waals surface area (Å²) in [5.74, 6) is -1.14. The number of carboxylic acid groups (broad SMARTS) is 1. The number of hydrogen-bond donors (Lipinski definition) is 2. The lowest BCUT2D eigenvalue weighted by Gasteiger charge is -2.29. The van der Waals surface area contributed by atoms with E-state index in [0.717, 1.165) is 12.0 Å². The van der Waals surface area contributed by atoms with Gasteiger partial charge in [0, 0.05) is 12.1 Å². The molecule has 0 fully saturated rings. The highest BCUT2D eigenvalue weighted by molar-refractivity contribution is 6.09. The highest BCUT2D eigenvalue weighted by Crippen LogP contribution is 2.29. The maximum absolute atomic E-state index is 12.5. The lowest BCUT2D eigenvalue weighted by molar-refractivity contribution is 0.0697. The summed E-state index contributed by atoms with van der Waals surface area (Å²) >= 11 is 0. The predicted molar refractivity (Wildman–Crippen MR) is 79.6 cm³/mol. The summed E-state index contributed by atoms with van der Waals surface area (Å²) in [6, 6.07) is 11.9. The molecule has 5 nitrogen and oxygen atoms in total. The van der Waals surface area contributed by atoms with E-state index in [1.807, 2.05) is 18.2 Å². The van der Waals surface area contributed by atoms with Crippen molar-refractivity contribution in [3.63, 3.8) is 0 Å². The SMILES string of the molecule is Nc1cc(C(=O)O)ccc1N1CCc2ccccc2C1=O. The van der Waals surface area contributed by atoms with Gasteiger partial charge < -0.3 is 15.7 Å². The van der Waals surface area contributed by atoms with Crippen LogP contribution in [0.25, 0.3) is 0 Å². The number of nitrogens with zero attached hydrogens (tertiary/aromatic N) is 1. The van der Waals surface area contributed by atoms with E-state index < -0.39 is 5.97 Å². The molecule has 0 aromatic heterocycles. The van der Waals surface area contributed by atoms with Crippen molar-refractivity contribution < 1.29 is 14.7 Å². The van der Waals surface area contributed by atoms with E-state index in [1.165, 1.54) is 12.1 Å². The van der Waals surface area contributed by atoms with Crippen LogP contribution < -0.4 is 10.6 Å². The average molecular weight is 282 g/mol. The molecule has 3 N–H and O–H groups in total. The molecule has 1 heterocycles. The third-order valence-electron chi connectivity index (χ3n) is 3.66. The number of carbonyl (C=O) groups is 2. The Labute approximate surface area is 121 Å². The Hall–Kier alpha value is -2.82. The predicted octanol–water partition coefficient (Wildman–Crippen LogP) is 2.17. The molecule has 2 aromatic carbocycles.